The summed E-state index contributed by atoms with van der Waals surface area (Å²) in [7, 11) is 0. The molecule has 0 amide bonds. The molecule has 0 rings (SSSR count). The molecule has 0 heterocycles. The van der Waals surface area contributed by atoms with Gasteiger partial charge < -0.3 is 0 Å². The Morgan fingerprint density at radius 3 is 2.33 bits per heavy atom. The first-order valence-electron chi connectivity index (χ1n) is 2.16. The molecule has 1 atom stereocenters. The molecule has 0 aromatic rings. The molecule has 1 unspecified atom stereocenters. The zero-order valence-corrected chi connectivity index (χ0v) is 5.50. The third-order valence-electron chi connectivity index (χ3n) is 0.562. The predicted octanol–water partition coefficient (Wildman–Crippen LogP) is 0.652. The van der Waals surface area contributed by atoms with Crippen LogP contribution in [-0.2, 0) is 20.4 Å². The van der Waals surface area contributed by atoms with Gasteiger partial charge in [-0.15, -0.1) is 0 Å². The van der Waals surface area contributed by atoms with Crippen LogP contribution < -0.4 is 0 Å². The molecule has 0 bridgehead atoms. The van der Waals surface area contributed by atoms with E-state index < -0.39 is 0 Å². The second kappa shape index (κ2) is 3.85. The van der Waals surface area contributed by atoms with Crippen molar-refractivity contribution in [3.63, 3.8) is 0 Å². The molecule has 0 radical (unpaired) electrons. The molecule has 0 spiro atoms. The van der Waals surface area contributed by atoms with Gasteiger partial charge in [-0.25, -0.2) is 0 Å². The van der Waals surface area contributed by atoms with Crippen molar-refractivity contribution in [1.82, 2.24) is 0 Å². The minimum atomic E-state index is -0.102. The van der Waals surface area contributed by atoms with Gasteiger partial charge in [-0.3, -0.25) is 0 Å². The van der Waals surface area contributed by atoms with E-state index in [1.165, 1.54) is 0 Å². The molecule has 0 aliphatic carbocycles. The first kappa shape index (κ1) is 6.67. The predicted molar refractivity (Wildman–Crippen MR) is 20.9 cm³/mol. The molecular weight excluding hydrogens is 112 g/mol. The Morgan fingerprint density at radius 2 is 2.33 bits per heavy atom. The van der Waals surface area contributed by atoms with Crippen molar-refractivity contribution in [2.45, 2.75) is 24.2 Å². The number of aliphatic hydroxyl groups excluding tert-OH is 1. The summed E-state index contributed by atoms with van der Waals surface area (Å²) >= 11 is 1.81. The second-order valence-corrected chi connectivity index (χ2v) is 2.35. The molecule has 0 aromatic carbocycles. The van der Waals surface area contributed by atoms with Gasteiger partial charge in [0.2, 0.25) is 0 Å². The Labute approximate surface area is 50.2 Å². The fourth-order valence-corrected chi connectivity index (χ4v) is 0.724. The average molecular weight is 121 g/mol. The number of rotatable bonds is 2. The Hall–Kier alpha value is 0.674. The Bertz CT molecular complexity index is 28.7. The molecule has 2 heteroatoms. The van der Waals surface area contributed by atoms with Crippen molar-refractivity contribution in [3.8, 4) is 0 Å². The van der Waals surface area contributed by atoms with Crippen LogP contribution in [0.4, 0.5) is 0 Å². The van der Waals surface area contributed by atoms with E-state index in [0.717, 1.165) is 12.8 Å². The van der Waals surface area contributed by atoms with E-state index >= 15 is 0 Å². The molecule has 0 fully saturated rings. The van der Waals surface area contributed by atoms with Crippen LogP contribution in [0.25, 0.3) is 0 Å². The second-order valence-electron chi connectivity index (χ2n) is 1.30. The van der Waals surface area contributed by atoms with Gasteiger partial charge in [-0.05, 0) is 0 Å². The fraction of sp³-hybridized carbons (Fsp3) is 1.00. The van der Waals surface area contributed by atoms with Crippen LogP contribution in [-0.4, -0.2) is 9.52 Å². The molecule has 1 nitrogen and oxygen atoms in total. The molecule has 1 N–H and O–H groups in total. The topological polar surface area (TPSA) is 20.2 Å². The van der Waals surface area contributed by atoms with Gasteiger partial charge in [-0.1, -0.05) is 0 Å². The molecule has 0 aliphatic heterocycles. The zero-order valence-electron chi connectivity index (χ0n) is 3.94. The van der Waals surface area contributed by atoms with Crippen LogP contribution in [0, 0.1) is 0 Å². The maximum absolute atomic E-state index is 8.55. The molecule has 0 aliphatic rings. The standard InChI is InChI=1S/C4H9O.Ti/c1-2-3-4-5;/h4-5H,2-3H2,1H3;. The van der Waals surface area contributed by atoms with E-state index in [2.05, 4.69) is 6.92 Å². The molecule has 0 saturated heterocycles. The van der Waals surface area contributed by atoms with E-state index in [1.54, 1.807) is 0 Å². The Morgan fingerprint density at radius 1 is 1.83 bits per heavy atom. The Kier molecular flexibility index (Phi) is 4.28. The summed E-state index contributed by atoms with van der Waals surface area (Å²) < 4.78 is -0.102. The SMILES string of the molecule is CCC[CH](O)[Ti]. The van der Waals surface area contributed by atoms with Crippen LogP contribution >= 0.6 is 0 Å². The molecule has 0 saturated carbocycles. The summed E-state index contributed by atoms with van der Waals surface area (Å²) in [4.78, 5) is 0. The quantitative estimate of drug-likeness (QED) is 0.532. The van der Waals surface area contributed by atoms with E-state index in [-0.39, 0.29) is 4.41 Å². The van der Waals surface area contributed by atoms with Crippen molar-refractivity contribution in [1.29, 1.82) is 0 Å². The first-order valence-corrected chi connectivity index (χ1v) is 3.06. The third-order valence-corrected chi connectivity index (χ3v) is 1.01. The summed E-state index contributed by atoms with van der Waals surface area (Å²) in [5, 5.41) is 8.55. The molecule has 35 valence electrons. The number of hydrogen-bond donors (Lipinski definition) is 1. The fourth-order valence-electron chi connectivity index (χ4n) is 0.273. The van der Waals surface area contributed by atoms with Crippen LogP contribution in [0.1, 0.15) is 19.8 Å². The van der Waals surface area contributed by atoms with Crippen LogP contribution in [0.15, 0.2) is 0 Å². The Balaban J connectivity index is 2.63. The monoisotopic (exact) mass is 121 g/mol. The molecular formula is C4H9OTi. The van der Waals surface area contributed by atoms with Crippen molar-refractivity contribution < 1.29 is 25.5 Å². The van der Waals surface area contributed by atoms with Crippen molar-refractivity contribution in [2.24, 2.45) is 0 Å². The van der Waals surface area contributed by atoms with Crippen molar-refractivity contribution in [2.75, 3.05) is 0 Å². The maximum atomic E-state index is 8.55. The normalized spacial score (nSPS) is 14.2. The van der Waals surface area contributed by atoms with Gasteiger partial charge in [0.15, 0.2) is 0 Å². The number of hydrogen-bond acceptors (Lipinski definition) is 1. The number of aliphatic hydroxyl groups is 1. The van der Waals surface area contributed by atoms with Crippen molar-refractivity contribution in [3.05, 3.63) is 0 Å². The third kappa shape index (κ3) is 4.67. The van der Waals surface area contributed by atoms with Gasteiger partial charge in [-0.2, -0.15) is 0 Å². The van der Waals surface area contributed by atoms with Gasteiger partial charge in [0, 0.05) is 0 Å². The van der Waals surface area contributed by atoms with Gasteiger partial charge >= 0.3 is 49.7 Å². The van der Waals surface area contributed by atoms with Crippen molar-refractivity contribution >= 4 is 0 Å². The van der Waals surface area contributed by atoms with Gasteiger partial charge in [0.1, 0.15) is 0 Å². The van der Waals surface area contributed by atoms with E-state index in [1.807, 2.05) is 20.4 Å². The molecule has 0 aromatic heterocycles. The zero-order chi connectivity index (χ0) is 4.99. The summed E-state index contributed by atoms with van der Waals surface area (Å²) in [6.45, 7) is 2.06. The minimum absolute atomic E-state index is 0.102. The summed E-state index contributed by atoms with van der Waals surface area (Å²) in [5.41, 5.74) is 0. The van der Waals surface area contributed by atoms with Crippen LogP contribution in [0.5, 0.6) is 0 Å². The summed E-state index contributed by atoms with van der Waals surface area (Å²) in [5.74, 6) is 0. The van der Waals surface area contributed by atoms with Crippen LogP contribution in [0.2, 0.25) is 0 Å². The average Bonchev–Trinajstić information content (AvgIpc) is 1.35. The van der Waals surface area contributed by atoms with Gasteiger partial charge in [0.25, 0.3) is 0 Å². The molecule has 6 heavy (non-hydrogen) atoms. The summed E-state index contributed by atoms with van der Waals surface area (Å²) in [6, 6.07) is 0. The van der Waals surface area contributed by atoms with E-state index in [4.69, 9.17) is 5.11 Å². The van der Waals surface area contributed by atoms with Gasteiger partial charge in [0.05, 0.1) is 0 Å². The van der Waals surface area contributed by atoms with E-state index in [9.17, 15) is 0 Å². The van der Waals surface area contributed by atoms with E-state index in [0.29, 0.717) is 0 Å². The first-order chi connectivity index (χ1) is 2.77. The van der Waals surface area contributed by atoms with Crippen LogP contribution in [0.3, 0.4) is 0 Å². The summed E-state index contributed by atoms with van der Waals surface area (Å²) in [6.07, 6.45) is 2.01.